The maximum Gasteiger partial charge on any atom is 0.310 e. The molecule has 2 atom stereocenters. The number of carboxylic acids is 1. The van der Waals surface area contributed by atoms with E-state index in [9.17, 15) is 14.7 Å². The van der Waals surface area contributed by atoms with Crippen LogP contribution in [-0.2, 0) is 9.59 Å². The average Bonchev–Trinajstić information content (AvgIpc) is 2.36. The first-order valence-corrected chi connectivity index (χ1v) is 6.65. The molecular weight excluding hydrogens is 234 g/mol. The van der Waals surface area contributed by atoms with E-state index in [-0.39, 0.29) is 25.5 Å². The summed E-state index contributed by atoms with van der Waals surface area (Å²) in [6.45, 7) is 2.13. The summed E-state index contributed by atoms with van der Waals surface area (Å²) >= 11 is 0. The topological polar surface area (TPSA) is 86.6 Å². The molecule has 1 aliphatic rings. The van der Waals surface area contributed by atoms with Gasteiger partial charge in [-0.15, -0.1) is 0 Å². The van der Waals surface area contributed by atoms with Crippen molar-refractivity contribution in [3.05, 3.63) is 0 Å². The number of rotatable bonds is 6. The van der Waals surface area contributed by atoms with Gasteiger partial charge in [-0.2, -0.15) is 0 Å². The molecule has 0 saturated heterocycles. The Hall–Kier alpha value is -1.10. The third-order valence-electron chi connectivity index (χ3n) is 3.91. The van der Waals surface area contributed by atoms with Crippen LogP contribution in [0.15, 0.2) is 0 Å². The Labute approximate surface area is 108 Å². The Morgan fingerprint density at radius 3 is 2.72 bits per heavy atom. The van der Waals surface area contributed by atoms with E-state index in [1.807, 2.05) is 0 Å². The van der Waals surface area contributed by atoms with E-state index in [0.717, 1.165) is 19.3 Å². The fourth-order valence-electron chi connectivity index (χ4n) is 2.83. The fourth-order valence-corrected chi connectivity index (χ4v) is 2.83. The zero-order valence-corrected chi connectivity index (χ0v) is 10.9. The largest absolute Gasteiger partial charge is 0.481 e. The molecule has 1 fully saturated rings. The van der Waals surface area contributed by atoms with Crippen molar-refractivity contribution in [2.24, 2.45) is 11.3 Å². The Morgan fingerprint density at radius 1 is 1.44 bits per heavy atom. The first-order valence-electron chi connectivity index (χ1n) is 6.65. The van der Waals surface area contributed by atoms with Crippen molar-refractivity contribution in [3.8, 4) is 0 Å². The summed E-state index contributed by atoms with van der Waals surface area (Å²) in [5, 5.41) is 20.6. The van der Waals surface area contributed by atoms with Gasteiger partial charge in [0.15, 0.2) is 0 Å². The second kappa shape index (κ2) is 6.73. The summed E-state index contributed by atoms with van der Waals surface area (Å²) in [7, 11) is 0. The van der Waals surface area contributed by atoms with E-state index in [4.69, 9.17) is 5.11 Å². The van der Waals surface area contributed by atoms with Crippen molar-refractivity contribution in [2.75, 3.05) is 13.2 Å². The SMILES string of the molecule is CCC1CCCC(CC(=O)NCCO)(C(=O)O)C1. The number of carbonyl (C=O) groups excluding carboxylic acids is 1. The van der Waals surface area contributed by atoms with Gasteiger partial charge in [-0.25, -0.2) is 0 Å². The standard InChI is InChI=1S/C13H23NO4/c1-2-10-4-3-5-13(8-10,12(17)18)9-11(16)14-6-7-15/h10,15H,2-9H2,1H3,(H,14,16)(H,17,18). The number of aliphatic hydroxyl groups excluding tert-OH is 1. The molecule has 0 aliphatic heterocycles. The fraction of sp³-hybridized carbons (Fsp3) is 0.846. The molecule has 5 nitrogen and oxygen atoms in total. The number of amides is 1. The Kier molecular flexibility index (Phi) is 5.59. The molecular formula is C13H23NO4. The summed E-state index contributed by atoms with van der Waals surface area (Å²) in [6, 6.07) is 0. The molecule has 2 unspecified atom stereocenters. The maximum absolute atomic E-state index is 11.7. The molecule has 104 valence electrons. The van der Waals surface area contributed by atoms with Gasteiger partial charge in [0.05, 0.1) is 12.0 Å². The highest BCUT2D eigenvalue weighted by Gasteiger charge is 2.43. The number of aliphatic carboxylic acids is 1. The molecule has 0 spiro atoms. The van der Waals surface area contributed by atoms with E-state index >= 15 is 0 Å². The van der Waals surface area contributed by atoms with Crippen molar-refractivity contribution in [3.63, 3.8) is 0 Å². The van der Waals surface area contributed by atoms with Gasteiger partial charge >= 0.3 is 5.97 Å². The molecule has 1 saturated carbocycles. The van der Waals surface area contributed by atoms with Crippen LogP contribution in [0.1, 0.15) is 45.4 Å². The van der Waals surface area contributed by atoms with Gasteiger partial charge in [-0.3, -0.25) is 9.59 Å². The quantitative estimate of drug-likeness (QED) is 0.666. The van der Waals surface area contributed by atoms with Crippen molar-refractivity contribution in [1.29, 1.82) is 0 Å². The van der Waals surface area contributed by atoms with E-state index < -0.39 is 11.4 Å². The molecule has 1 aliphatic carbocycles. The van der Waals surface area contributed by atoms with Gasteiger partial charge in [0, 0.05) is 13.0 Å². The zero-order valence-electron chi connectivity index (χ0n) is 10.9. The molecule has 0 aromatic rings. The van der Waals surface area contributed by atoms with Crippen LogP contribution < -0.4 is 5.32 Å². The third-order valence-corrected chi connectivity index (χ3v) is 3.91. The number of nitrogens with one attached hydrogen (secondary N) is 1. The number of carboxylic acid groups (broad SMARTS) is 1. The normalized spacial score (nSPS) is 27.8. The molecule has 5 heteroatoms. The monoisotopic (exact) mass is 257 g/mol. The average molecular weight is 257 g/mol. The van der Waals surface area contributed by atoms with Gasteiger partial charge in [0.25, 0.3) is 0 Å². The summed E-state index contributed by atoms with van der Waals surface area (Å²) in [5.74, 6) is -0.733. The molecule has 1 rings (SSSR count). The predicted molar refractivity (Wildman–Crippen MR) is 67.0 cm³/mol. The lowest BCUT2D eigenvalue weighted by molar-refractivity contribution is -0.155. The maximum atomic E-state index is 11.7. The minimum absolute atomic E-state index is 0.0266. The van der Waals surface area contributed by atoms with Gasteiger partial charge in [-0.1, -0.05) is 26.2 Å². The zero-order chi connectivity index (χ0) is 13.6. The summed E-state index contributed by atoms with van der Waals surface area (Å²) in [4.78, 5) is 23.2. The number of hydrogen-bond acceptors (Lipinski definition) is 3. The number of hydrogen-bond donors (Lipinski definition) is 3. The van der Waals surface area contributed by atoms with Crippen LogP contribution in [0.2, 0.25) is 0 Å². The van der Waals surface area contributed by atoms with Crippen LogP contribution in [0.25, 0.3) is 0 Å². The van der Waals surface area contributed by atoms with Gasteiger partial charge in [-0.05, 0) is 18.8 Å². The summed E-state index contributed by atoms with van der Waals surface area (Å²) in [5.41, 5.74) is -0.904. The minimum atomic E-state index is -0.904. The highest BCUT2D eigenvalue weighted by Crippen LogP contribution is 2.43. The van der Waals surface area contributed by atoms with Crippen molar-refractivity contribution >= 4 is 11.9 Å². The Morgan fingerprint density at radius 2 is 2.17 bits per heavy atom. The minimum Gasteiger partial charge on any atom is -0.481 e. The highest BCUT2D eigenvalue weighted by atomic mass is 16.4. The highest BCUT2D eigenvalue weighted by molar-refractivity contribution is 5.85. The van der Waals surface area contributed by atoms with Crippen LogP contribution in [0.3, 0.4) is 0 Å². The lowest BCUT2D eigenvalue weighted by Crippen LogP contribution is -2.41. The number of aliphatic hydroxyl groups is 1. The van der Waals surface area contributed by atoms with E-state index in [2.05, 4.69) is 12.2 Å². The van der Waals surface area contributed by atoms with Crippen LogP contribution in [0.5, 0.6) is 0 Å². The smallest absolute Gasteiger partial charge is 0.310 e. The van der Waals surface area contributed by atoms with Crippen LogP contribution in [0.4, 0.5) is 0 Å². The van der Waals surface area contributed by atoms with Gasteiger partial charge < -0.3 is 15.5 Å². The number of carbonyl (C=O) groups is 2. The summed E-state index contributed by atoms with van der Waals surface area (Å²) in [6.07, 6.45) is 4.09. The Bertz CT molecular complexity index is 305. The molecule has 1 amide bonds. The van der Waals surface area contributed by atoms with Gasteiger partial charge in [0.2, 0.25) is 5.91 Å². The van der Waals surface area contributed by atoms with E-state index in [0.29, 0.717) is 18.8 Å². The molecule has 3 N–H and O–H groups in total. The third kappa shape index (κ3) is 3.70. The lowest BCUT2D eigenvalue weighted by atomic mass is 9.67. The molecule has 0 radical (unpaired) electrons. The van der Waals surface area contributed by atoms with E-state index in [1.54, 1.807) is 0 Å². The molecule has 0 aromatic carbocycles. The Balaban J connectivity index is 2.68. The summed E-state index contributed by atoms with van der Waals surface area (Å²) < 4.78 is 0. The van der Waals surface area contributed by atoms with Gasteiger partial charge in [0.1, 0.15) is 0 Å². The van der Waals surface area contributed by atoms with Crippen LogP contribution in [-0.4, -0.2) is 35.2 Å². The van der Waals surface area contributed by atoms with Crippen LogP contribution >= 0.6 is 0 Å². The molecule has 18 heavy (non-hydrogen) atoms. The molecule has 0 heterocycles. The van der Waals surface area contributed by atoms with Crippen molar-refractivity contribution in [1.82, 2.24) is 5.32 Å². The lowest BCUT2D eigenvalue weighted by Gasteiger charge is -2.37. The second-order valence-electron chi connectivity index (χ2n) is 5.21. The van der Waals surface area contributed by atoms with E-state index in [1.165, 1.54) is 0 Å². The molecule has 0 bridgehead atoms. The predicted octanol–water partition coefficient (Wildman–Crippen LogP) is 1.16. The second-order valence-corrected chi connectivity index (χ2v) is 5.21. The molecule has 0 aromatic heterocycles. The van der Waals surface area contributed by atoms with Crippen molar-refractivity contribution < 1.29 is 19.8 Å². The van der Waals surface area contributed by atoms with Crippen molar-refractivity contribution in [2.45, 2.75) is 45.4 Å². The first-order chi connectivity index (χ1) is 8.54. The van der Waals surface area contributed by atoms with Crippen LogP contribution in [0, 0.1) is 11.3 Å². The first kappa shape index (κ1) is 15.0.